The Morgan fingerprint density at radius 3 is 2.11 bits per heavy atom. The molecular formula is C14H24F3NO. The molecule has 0 aromatic rings. The van der Waals surface area contributed by atoms with Gasteiger partial charge < -0.3 is 10.5 Å². The van der Waals surface area contributed by atoms with Crippen molar-refractivity contribution in [3.63, 3.8) is 0 Å². The molecule has 0 spiro atoms. The lowest BCUT2D eigenvalue weighted by Gasteiger charge is -2.26. The predicted molar refractivity (Wildman–Crippen MR) is 71.5 cm³/mol. The summed E-state index contributed by atoms with van der Waals surface area (Å²) in [6.07, 6.45) is -3.46. The molecule has 2 atom stereocenters. The van der Waals surface area contributed by atoms with Gasteiger partial charge in [0.15, 0.2) is 0 Å². The second-order valence-corrected chi connectivity index (χ2v) is 4.97. The zero-order chi connectivity index (χ0) is 15.2. The van der Waals surface area contributed by atoms with Crippen LogP contribution >= 0.6 is 0 Å². The van der Waals surface area contributed by atoms with Gasteiger partial charge in [0.05, 0.1) is 12.2 Å². The first-order valence-electron chi connectivity index (χ1n) is 6.46. The molecule has 0 saturated heterocycles. The Hall–Kier alpha value is -0.970. The smallest absolute Gasteiger partial charge is 0.419 e. The quantitative estimate of drug-likeness (QED) is 0.564. The number of alkyl halides is 3. The van der Waals surface area contributed by atoms with Gasteiger partial charge in [-0.25, -0.2) is 0 Å². The summed E-state index contributed by atoms with van der Waals surface area (Å²) in [6.45, 7) is 10.8. The van der Waals surface area contributed by atoms with Gasteiger partial charge >= 0.3 is 6.18 Å². The number of hydrogen-bond acceptors (Lipinski definition) is 2. The minimum atomic E-state index is -4.44. The van der Waals surface area contributed by atoms with Crippen molar-refractivity contribution in [2.75, 3.05) is 6.61 Å². The first-order chi connectivity index (χ1) is 8.65. The Morgan fingerprint density at radius 1 is 1.32 bits per heavy atom. The highest BCUT2D eigenvalue weighted by atomic mass is 19.4. The molecule has 2 N–H and O–H groups in total. The standard InChI is InChI=1S/C14H24F3NO/c1-6-12(14(15,16)17)13(7-2)19-8-11(9(3)4)10(5)18/h6,9-11H,1,7-8,18H2,2-5H3/b13-12-/t10?,11-/m1/s1. The zero-order valence-electron chi connectivity index (χ0n) is 12.1. The fraction of sp³-hybridized carbons (Fsp3) is 0.714. The van der Waals surface area contributed by atoms with E-state index in [2.05, 4.69) is 6.58 Å². The van der Waals surface area contributed by atoms with Crippen LogP contribution in [0.5, 0.6) is 0 Å². The summed E-state index contributed by atoms with van der Waals surface area (Å²) in [5.41, 5.74) is 5.02. The summed E-state index contributed by atoms with van der Waals surface area (Å²) in [6, 6.07) is -0.129. The fourth-order valence-electron chi connectivity index (χ4n) is 1.91. The summed E-state index contributed by atoms with van der Waals surface area (Å²) in [4.78, 5) is 0. The van der Waals surface area contributed by atoms with Crippen LogP contribution in [0.4, 0.5) is 13.2 Å². The third-order valence-electron chi connectivity index (χ3n) is 3.11. The van der Waals surface area contributed by atoms with Crippen LogP contribution < -0.4 is 5.73 Å². The van der Waals surface area contributed by atoms with Gasteiger partial charge in [0.25, 0.3) is 0 Å². The van der Waals surface area contributed by atoms with Gasteiger partial charge in [0.1, 0.15) is 5.76 Å². The van der Waals surface area contributed by atoms with E-state index in [1.807, 2.05) is 20.8 Å². The van der Waals surface area contributed by atoms with Crippen molar-refractivity contribution < 1.29 is 17.9 Å². The van der Waals surface area contributed by atoms with Crippen molar-refractivity contribution in [3.8, 4) is 0 Å². The fourth-order valence-corrected chi connectivity index (χ4v) is 1.91. The van der Waals surface area contributed by atoms with Crippen LogP contribution in [0, 0.1) is 11.8 Å². The highest BCUT2D eigenvalue weighted by molar-refractivity contribution is 5.25. The number of halogens is 3. The van der Waals surface area contributed by atoms with Gasteiger partial charge in [-0.15, -0.1) is 0 Å². The molecule has 0 heterocycles. The number of allylic oxidation sites excluding steroid dienone is 3. The lowest BCUT2D eigenvalue weighted by Crippen LogP contribution is -2.34. The Balaban J connectivity index is 5.00. The Bertz CT molecular complexity index is 311. The summed E-state index contributed by atoms with van der Waals surface area (Å²) in [7, 11) is 0. The third kappa shape index (κ3) is 5.68. The van der Waals surface area contributed by atoms with E-state index in [1.165, 1.54) is 0 Å². The van der Waals surface area contributed by atoms with Crippen LogP contribution in [0.15, 0.2) is 24.0 Å². The Morgan fingerprint density at radius 2 is 1.84 bits per heavy atom. The number of nitrogens with two attached hydrogens (primary N) is 1. The molecule has 0 aromatic carbocycles. The Kier molecular flexibility index (Phi) is 7.19. The lowest BCUT2D eigenvalue weighted by molar-refractivity contribution is -0.0923. The highest BCUT2D eigenvalue weighted by Gasteiger charge is 2.35. The number of rotatable bonds is 7. The number of ether oxygens (including phenoxy) is 1. The topological polar surface area (TPSA) is 35.2 Å². The zero-order valence-corrected chi connectivity index (χ0v) is 12.1. The Labute approximate surface area is 113 Å². The monoisotopic (exact) mass is 279 g/mol. The van der Waals surface area contributed by atoms with E-state index >= 15 is 0 Å². The first-order valence-corrected chi connectivity index (χ1v) is 6.46. The van der Waals surface area contributed by atoms with E-state index in [0.29, 0.717) is 0 Å². The normalized spacial score (nSPS) is 16.9. The van der Waals surface area contributed by atoms with Crippen molar-refractivity contribution in [1.82, 2.24) is 0 Å². The lowest BCUT2D eigenvalue weighted by atomic mass is 9.91. The van der Waals surface area contributed by atoms with Gasteiger partial charge in [-0.1, -0.05) is 33.4 Å². The summed E-state index contributed by atoms with van der Waals surface area (Å²) in [5, 5.41) is 0. The van der Waals surface area contributed by atoms with Crippen LogP contribution in [0.3, 0.4) is 0 Å². The van der Waals surface area contributed by atoms with Gasteiger partial charge in [0.2, 0.25) is 0 Å². The van der Waals surface area contributed by atoms with Gasteiger partial charge in [-0.2, -0.15) is 13.2 Å². The second kappa shape index (κ2) is 7.58. The van der Waals surface area contributed by atoms with Crippen molar-refractivity contribution in [2.24, 2.45) is 17.6 Å². The molecule has 0 fully saturated rings. The molecule has 19 heavy (non-hydrogen) atoms. The molecular weight excluding hydrogens is 255 g/mol. The molecule has 0 aromatic heterocycles. The highest BCUT2D eigenvalue weighted by Crippen LogP contribution is 2.31. The van der Waals surface area contributed by atoms with Crippen LogP contribution in [0.1, 0.15) is 34.1 Å². The largest absolute Gasteiger partial charge is 0.497 e. The van der Waals surface area contributed by atoms with Crippen LogP contribution in [-0.4, -0.2) is 18.8 Å². The van der Waals surface area contributed by atoms with Crippen molar-refractivity contribution >= 4 is 0 Å². The molecule has 0 aliphatic rings. The van der Waals surface area contributed by atoms with E-state index in [0.717, 1.165) is 6.08 Å². The second-order valence-electron chi connectivity index (χ2n) is 4.97. The SMILES string of the molecule is C=C/C(=C(\CC)OC[C@H](C(C)C)C(C)N)C(F)(F)F. The van der Waals surface area contributed by atoms with Crippen LogP contribution in [-0.2, 0) is 4.74 Å². The molecule has 0 aliphatic heterocycles. The summed E-state index contributed by atoms with van der Waals surface area (Å²) < 4.78 is 43.7. The predicted octanol–water partition coefficient (Wildman–Crippen LogP) is 4.03. The van der Waals surface area contributed by atoms with Crippen LogP contribution in [0.2, 0.25) is 0 Å². The molecule has 1 unspecified atom stereocenters. The van der Waals surface area contributed by atoms with Gasteiger partial charge in [0, 0.05) is 18.4 Å². The average Bonchev–Trinajstić information content (AvgIpc) is 2.25. The van der Waals surface area contributed by atoms with E-state index in [1.54, 1.807) is 6.92 Å². The van der Waals surface area contributed by atoms with Crippen LogP contribution in [0.25, 0.3) is 0 Å². The van der Waals surface area contributed by atoms with Crippen molar-refractivity contribution in [2.45, 2.75) is 46.3 Å². The summed E-state index contributed by atoms with van der Waals surface area (Å²) >= 11 is 0. The molecule has 0 bridgehead atoms. The van der Waals surface area contributed by atoms with E-state index in [-0.39, 0.29) is 36.7 Å². The number of hydrogen-bond donors (Lipinski definition) is 1. The van der Waals surface area contributed by atoms with Crippen molar-refractivity contribution in [1.29, 1.82) is 0 Å². The van der Waals surface area contributed by atoms with E-state index in [9.17, 15) is 13.2 Å². The maximum absolute atomic E-state index is 12.8. The minimum absolute atomic E-state index is 0.0147. The first kappa shape index (κ1) is 18.0. The van der Waals surface area contributed by atoms with E-state index in [4.69, 9.17) is 10.5 Å². The van der Waals surface area contributed by atoms with Gasteiger partial charge in [-0.05, 0) is 12.8 Å². The minimum Gasteiger partial charge on any atom is -0.497 e. The molecule has 5 heteroatoms. The molecule has 0 saturated carbocycles. The molecule has 0 aliphatic carbocycles. The third-order valence-corrected chi connectivity index (χ3v) is 3.11. The average molecular weight is 279 g/mol. The molecule has 0 rings (SSSR count). The molecule has 2 nitrogen and oxygen atoms in total. The van der Waals surface area contributed by atoms with Gasteiger partial charge in [-0.3, -0.25) is 0 Å². The van der Waals surface area contributed by atoms with E-state index < -0.39 is 11.7 Å². The molecule has 112 valence electrons. The molecule has 0 radical (unpaired) electrons. The van der Waals surface area contributed by atoms with Crippen molar-refractivity contribution in [3.05, 3.63) is 24.0 Å². The molecule has 0 amide bonds. The maximum Gasteiger partial charge on any atom is 0.419 e. The summed E-state index contributed by atoms with van der Waals surface area (Å²) in [5.74, 6) is 0.186. The maximum atomic E-state index is 12.8.